The van der Waals surface area contributed by atoms with E-state index in [1.807, 2.05) is 0 Å². The Labute approximate surface area is 233 Å². The average molecular weight is 563 g/mol. The van der Waals surface area contributed by atoms with Crippen molar-refractivity contribution in [3.8, 4) is 0 Å². The van der Waals surface area contributed by atoms with Gasteiger partial charge in [0.05, 0.1) is 35.1 Å². The zero-order valence-electron chi connectivity index (χ0n) is 23.1. The van der Waals surface area contributed by atoms with E-state index < -0.39 is 64.5 Å². The molecule has 1 aromatic rings. The number of fused-ring (bicyclic) bond motifs is 5. The lowest BCUT2D eigenvalue weighted by atomic mass is 9.41. The van der Waals surface area contributed by atoms with Crippen LogP contribution in [0.25, 0.3) is 0 Å². The molecule has 0 unspecified atom stereocenters. The van der Waals surface area contributed by atoms with Gasteiger partial charge >= 0.3 is 5.63 Å². The SMILES string of the molecule is C[C@H]1O[C@@H](O[C@H]2CC[C@]3(C=O)[C@@H]4CC[C@@]5(C)[C@H](c6ccc(=O)oc6)CC[C@]5(O)[C@@H]4CC[C@]3(O)C2)[C@H](O)[C@H](O)[C@H]1O. The summed E-state index contributed by atoms with van der Waals surface area (Å²) in [6, 6.07) is 3.21. The van der Waals surface area contributed by atoms with Crippen LogP contribution in [0.1, 0.15) is 83.1 Å². The van der Waals surface area contributed by atoms with E-state index in [9.17, 15) is 35.1 Å². The van der Waals surface area contributed by atoms with Crippen molar-refractivity contribution in [1.82, 2.24) is 0 Å². The highest BCUT2D eigenvalue weighted by molar-refractivity contribution is 5.64. The minimum Gasteiger partial charge on any atom is -0.431 e. The third kappa shape index (κ3) is 3.87. The first-order valence-electron chi connectivity index (χ1n) is 14.7. The predicted octanol–water partition coefficient (Wildman–Crippen LogP) is 1.39. The third-order valence-electron chi connectivity index (χ3n) is 12.0. The van der Waals surface area contributed by atoms with Gasteiger partial charge in [-0.15, -0.1) is 0 Å². The molecule has 5 aliphatic rings. The fraction of sp³-hybridized carbons (Fsp3) is 0.800. The van der Waals surface area contributed by atoms with E-state index in [4.69, 9.17) is 13.9 Å². The number of carbonyl (C=O) groups is 1. The van der Waals surface area contributed by atoms with E-state index in [0.717, 1.165) is 18.3 Å². The van der Waals surface area contributed by atoms with Gasteiger partial charge in [-0.25, -0.2) is 4.79 Å². The maximum Gasteiger partial charge on any atom is 0.335 e. The minimum absolute atomic E-state index is 0.0260. The third-order valence-corrected chi connectivity index (χ3v) is 12.0. The highest BCUT2D eigenvalue weighted by Gasteiger charge is 2.71. The van der Waals surface area contributed by atoms with E-state index in [0.29, 0.717) is 44.9 Å². The van der Waals surface area contributed by atoms with Crippen LogP contribution in [-0.4, -0.2) is 79.8 Å². The number of hydrogen-bond acceptors (Lipinski definition) is 10. The summed E-state index contributed by atoms with van der Waals surface area (Å²) in [5.74, 6) is -0.322. The summed E-state index contributed by atoms with van der Waals surface area (Å²) < 4.78 is 16.8. The molecule has 0 aromatic carbocycles. The zero-order chi connectivity index (χ0) is 28.7. The molecule has 1 aromatic heterocycles. The van der Waals surface area contributed by atoms with Gasteiger partial charge in [0, 0.05) is 17.9 Å². The van der Waals surface area contributed by atoms with Gasteiger partial charge in [-0.05, 0) is 87.7 Å². The van der Waals surface area contributed by atoms with Crippen molar-refractivity contribution in [1.29, 1.82) is 0 Å². The highest BCUT2D eigenvalue weighted by atomic mass is 16.7. The second kappa shape index (κ2) is 9.69. The van der Waals surface area contributed by atoms with E-state index >= 15 is 0 Å². The van der Waals surface area contributed by atoms with Gasteiger partial charge in [-0.2, -0.15) is 0 Å². The molecule has 5 N–H and O–H groups in total. The Morgan fingerprint density at radius 1 is 0.950 bits per heavy atom. The summed E-state index contributed by atoms with van der Waals surface area (Å²) in [5, 5.41) is 55.1. The molecule has 0 radical (unpaired) electrons. The Balaban J connectivity index is 1.23. The van der Waals surface area contributed by atoms with Crippen LogP contribution in [0.5, 0.6) is 0 Å². The Morgan fingerprint density at radius 2 is 1.70 bits per heavy atom. The quantitative estimate of drug-likeness (QED) is 0.267. The van der Waals surface area contributed by atoms with Crippen LogP contribution >= 0.6 is 0 Å². The molecule has 222 valence electrons. The Kier molecular flexibility index (Phi) is 6.89. The number of aliphatic hydroxyl groups is 5. The van der Waals surface area contributed by atoms with Crippen LogP contribution in [0.4, 0.5) is 0 Å². The first-order valence-corrected chi connectivity index (χ1v) is 14.7. The second-order valence-corrected chi connectivity index (χ2v) is 13.5. The molecule has 1 saturated heterocycles. The van der Waals surface area contributed by atoms with Gasteiger partial charge in [0.15, 0.2) is 6.29 Å². The molecular formula is C30H42O10. The lowest BCUT2D eigenvalue weighted by Crippen LogP contribution is -2.69. The maximum atomic E-state index is 13.0. The van der Waals surface area contributed by atoms with Crippen molar-refractivity contribution in [2.75, 3.05) is 0 Å². The molecule has 1 aliphatic heterocycles. The van der Waals surface area contributed by atoms with Crippen LogP contribution in [0.15, 0.2) is 27.6 Å². The average Bonchev–Trinajstić information content (AvgIpc) is 3.21. The Morgan fingerprint density at radius 3 is 2.40 bits per heavy atom. The van der Waals surface area contributed by atoms with Crippen LogP contribution < -0.4 is 5.63 Å². The number of hydrogen-bond donors (Lipinski definition) is 5. The highest BCUT2D eigenvalue weighted by Crippen LogP contribution is 2.71. The molecule has 6 rings (SSSR count). The van der Waals surface area contributed by atoms with Crippen LogP contribution in [0.2, 0.25) is 0 Å². The smallest absolute Gasteiger partial charge is 0.335 e. The topological polar surface area (TPSA) is 167 Å². The summed E-state index contributed by atoms with van der Waals surface area (Å²) in [6.45, 7) is 3.71. The van der Waals surface area contributed by atoms with E-state index in [2.05, 4.69) is 6.92 Å². The van der Waals surface area contributed by atoms with Gasteiger partial charge < -0.3 is 44.2 Å². The first-order chi connectivity index (χ1) is 18.9. The van der Waals surface area contributed by atoms with E-state index in [1.54, 1.807) is 13.0 Å². The number of ether oxygens (including phenoxy) is 2. The molecule has 0 bridgehead atoms. The molecule has 10 nitrogen and oxygen atoms in total. The van der Waals surface area contributed by atoms with Crippen LogP contribution in [0.3, 0.4) is 0 Å². The summed E-state index contributed by atoms with van der Waals surface area (Å²) in [6.07, 6.45) is 0.559. The standard InChI is InChI=1S/C30H42O10/c1-16-23(33)24(34)25(35)26(39-16)40-18-5-10-28(15-31)20-6-9-27(2)19(17-3-4-22(32)38-14-17)8-12-30(27,37)21(20)7-11-29(28,36)13-18/h3-4,14-16,18-21,23-26,33-37H,5-13H2,1-2H3/t16-,18+,19+,20-,21-,23+,24-,25-,26+,27+,28+,29+,30+/m1/s1. The molecule has 0 spiro atoms. The largest absolute Gasteiger partial charge is 0.431 e. The molecule has 5 fully saturated rings. The van der Waals surface area contributed by atoms with Crippen molar-refractivity contribution in [2.24, 2.45) is 22.7 Å². The number of carbonyl (C=O) groups excluding carboxylic acids is 1. The Bertz CT molecular complexity index is 1170. The predicted molar refractivity (Wildman–Crippen MR) is 140 cm³/mol. The second-order valence-electron chi connectivity index (χ2n) is 13.5. The zero-order valence-corrected chi connectivity index (χ0v) is 23.1. The maximum absolute atomic E-state index is 13.0. The minimum atomic E-state index is -1.44. The van der Waals surface area contributed by atoms with Crippen LogP contribution in [-0.2, 0) is 14.3 Å². The molecule has 4 saturated carbocycles. The number of rotatable bonds is 4. The van der Waals surface area contributed by atoms with Crippen molar-refractivity contribution in [2.45, 2.75) is 126 Å². The van der Waals surface area contributed by atoms with Gasteiger partial charge in [-0.1, -0.05) is 6.92 Å². The Hall–Kier alpha value is -1.66. The molecule has 10 heteroatoms. The first kappa shape index (κ1) is 28.5. The van der Waals surface area contributed by atoms with Crippen molar-refractivity contribution >= 4 is 6.29 Å². The van der Waals surface area contributed by atoms with E-state index in [-0.39, 0.29) is 24.2 Å². The van der Waals surface area contributed by atoms with Gasteiger partial charge in [0.25, 0.3) is 0 Å². The number of aldehydes is 1. The number of aliphatic hydroxyl groups excluding tert-OH is 3. The normalized spacial score (nSPS) is 52.3. The molecule has 13 atom stereocenters. The van der Waals surface area contributed by atoms with Gasteiger partial charge in [-0.3, -0.25) is 0 Å². The lowest BCUT2D eigenvalue weighted by Gasteiger charge is -2.65. The fourth-order valence-electron chi connectivity index (χ4n) is 9.67. The molecule has 0 amide bonds. The van der Waals surface area contributed by atoms with E-state index in [1.165, 1.54) is 12.3 Å². The van der Waals surface area contributed by atoms with Gasteiger partial charge in [0.2, 0.25) is 0 Å². The summed E-state index contributed by atoms with van der Waals surface area (Å²) >= 11 is 0. The monoisotopic (exact) mass is 562 g/mol. The molecule has 2 heterocycles. The van der Waals surface area contributed by atoms with Crippen molar-refractivity contribution < 1.29 is 44.2 Å². The van der Waals surface area contributed by atoms with Crippen molar-refractivity contribution in [3.63, 3.8) is 0 Å². The summed E-state index contributed by atoms with van der Waals surface area (Å²) in [7, 11) is 0. The molecule has 40 heavy (non-hydrogen) atoms. The summed E-state index contributed by atoms with van der Waals surface area (Å²) in [4.78, 5) is 24.5. The molecular weight excluding hydrogens is 520 g/mol. The summed E-state index contributed by atoms with van der Waals surface area (Å²) in [5.41, 5.74) is -3.34. The van der Waals surface area contributed by atoms with Crippen molar-refractivity contribution in [3.05, 3.63) is 34.4 Å². The lowest BCUT2D eigenvalue weighted by molar-refractivity contribution is -0.317. The molecule has 4 aliphatic carbocycles. The fourth-order valence-corrected chi connectivity index (χ4v) is 9.67. The van der Waals surface area contributed by atoms with Gasteiger partial charge in [0.1, 0.15) is 24.6 Å². The van der Waals surface area contributed by atoms with Crippen LogP contribution in [0, 0.1) is 22.7 Å².